The van der Waals surface area contributed by atoms with Gasteiger partial charge in [0.1, 0.15) is 0 Å². The normalized spacial score (nSPS) is 10.8. The fourth-order valence-electron chi connectivity index (χ4n) is 2.20. The second kappa shape index (κ2) is 7.46. The van der Waals surface area contributed by atoms with Gasteiger partial charge in [-0.25, -0.2) is 0 Å². The number of hydrogen-bond donors (Lipinski definition) is 1. The maximum Gasteiger partial charge on any atom is 0.0591 e. The Hall–Kier alpha value is -0.860. The van der Waals surface area contributed by atoms with Gasteiger partial charge in [-0.2, -0.15) is 0 Å². The molecule has 0 spiro atoms. The summed E-state index contributed by atoms with van der Waals surface area (Å²) in [6, 6.07) is 4.50. The average molecular weight is 235 g/mol. The molecule has 0 aliphatic carbocycles. The smallest absolute Gasteiger partial charge is 0.0591 e. The van der Waals surface area contributed by atoms with Crippen molar-refractivity contribution in [3.63, 3.8) is 0 Å². The second-order valence-corrected chi connectivity index (χ2v) is 4.59. The van der Waals surface area contributed by atoms with Crippen LogP contribution >= 0.6 is 0 Å². The van der Waals surface area contributed by atoms with E-state index in [1.54, 1.807) is 0 Å². The highest BCUT2D eigenvalue weighted by Crippen LogP contribution is 2.16. The monoisotopic (exact) mass is 235 g/mol. The summed E-state index contributed by atoms with van der Waals surface area (Å²) in [6.07, 6.45) is 1.02. The van der Waals surface area contributed by atoms with Crippen molar-refractivity contribution in [3.05, 3.63) is 34.4 Å². The average Bonchev–Trinajstić information content (AvgIpc) is 2.26. The summed E-state index contributed by atoms with van der Waals surface area (Å²) in [5.74, 6) is 0. The van der Waals surface area contributed by atoms with Crippen LogP contribution in [0.2, 0.25) is 0 Å². The molecule has 2 heteroatoms. The van der Waals surface area contributed by atoms with Crippen molar-refractivity contribution in [1.82, 2.24) is 5.32 Å². The third-order valence-electron chi connectivity index (χ3n) is 3.01. The van der Waals surface area contributed by atoms with Crippen LogP contribution in [-0.2, 0) is 11.2 Å². The number of ether oxygens (including phenoxy) is 1. The fourth-order valence-corrected chi connectivity index (χ4v) is 2.20. The SMILES string of the molecule is CCNCCOCCc1c(C)cc(C)cc1C. The number of nitrogens with one attached hydrogen (secondary N) is 1. The van der Waals surface area contributed by atoms with Gasteiger partial charge >= 0.3 is 0 Å². The van der Waals surface area contributed by atoms with Gasteiger partial charge in [0, 0.05) is 6.54 Å². The molecule has 2 nitrogen and oxygen atoms in total. The van der Waals surface area contributed by atoms with Gasteiger partial charge in [0.2, 0.25) is 0 Å². The highest BCUT2D eigenvalue weighted by atomic mass is 16.5. The molecule has 1 aromatic carbocycles. The lowest BCUT2D eigenvalue weighted by Crippen LogP contribution is -2.19. The van der Waals surface area contributed by atoms with E-state index in [0.29, 0.717) is 0 Å². The largest absolute Gasteiger partial charge is 0.380 e. The summed E-state index contributed by atoms with van der Waals surface area (Å²) in [7, 11) is 0. The van der Waals surface area contributed by atoms with Gasteiger partial charge in [0.25, 0.3) is 0 Å². The predicted octanol–water partition coefficient (Wildman–Crippen LogP) is 2.78. The Morgan fingerprint density at radius 2 is 1.71 bits per heavy atom. The van der Waals surface area contributed by atoms with Crippen molar-refractivity contribution in [2.45, 2.75) is 34.1 Å². The molecule has 0 heterocycles. The van der Waals surface area contributed by atoms with Crippen LogP contribution < -0.4 is 5.32 Å². The van der Waals surface area contributed by atoms with Crippen molar-refractivity contribution >= 4 is 0 Å². The topological polar surface area (TPSA) is 21.3 Å². The molecule has 0 saturated carbocycles. The van der Waals surface area contributed by atoms with Crippen molar-refractivity contribution < 1.29 is 4.74 Å². The summed E-state index contributed by atoms with van der Waals surface area (Å²) >= 11 is 0. The Morgan fingerprint density at radius 1 is 1.06 bits per heavy atom. The van der Waals surface area contributed by atoms with Gasteiger partial charge in [-0.1, -0.05) is 24.6 Å². The summed E-state index contributed by atoms with van der Waals surface area (Å²) in [6.45, 7) is 12.2. The van der Waals surface area contributed by atoms with E-state index in [9.17, 15) is 0 Å². The first-order valence-electron chi connectivity index (χ1n) is 6.50. The van der Waals surface area contributed by atoms with Crippen LogP contribution in [0.5, 0.6) is 0 Å². The zero-order chi connectivity index (χ0) is 12.7. The van der Waals surface area contributed by atoms with E-state index in [4.69, 9.17) is 4.74 Å². The fraction of sp³-hybridized carbons (Fsp3) is 0.600. The molecule has 0 fully saturated rings. The molecule has 0 radical (unpaired) electrons. The third kappa shape index (κ3) is 4.88. The van der Waals surface area contributed by atoms with Crippen LogP contribution in [0.15, 0.2) is 12.1 Å². The maximum atomic E-state index is 5.62. The van der Waals surface area contributed by atoms with E-state index < -0.39 is 0 Å². The standard InChI is InChI=1S/C15H25NO/c1-5-16-7-9-17-8-6-15-13(3)10-12(2)11-14(15)4/h10-11,16H,5-9H2,1-4H3. The Labute approximate surface area is 105 Å². The number of likely N-dealkylation sites (N-methyl/N-ethyl adjacent to an activating group) is 1. The minimum Gasteiger partial charge on any atom is -0.380 e. The molecule has 1 aromatic rings. The van der Waals surface area contributed by atoms with Gasteiger partial charge in [-0.3, -0.25) is 0 Å². The van der Waals surface area contributed by atoms with Crippen LogP contribution in [0.1, 0.15) is 29.2 Å². The maximum absolute atomic E-state index is 5.62. The molecule has 17 heavy (non-hydrogen) atoms. The van der Waals surface area contributed by atoms with Crippen molar-refractivity contribution in [2.24, 2.45) is 0 Å². The van der Waals surface area contributed by atoms with Crippen LogP contribution in [0, 0.1) is 20.8 Å². The Balaban J connectivity index is 2.36. The van der Waals surface area contributed by atoms with E-state index in [1.807, 2.05) is 0 Å². The van der Waals surface area contributed by atoms with Gasteiger partial charge < -0.3 is 10.1 Å². The minimum atomic E-state index is 0.803. The number of hydrogen-bond acceptors (Lipinski definition) is 2. The van der Waals surface area contributed by atoms with Crippen LogP contribution in [0.25, 0.3) is 0 Å². The molecule has 0 unspecified atom stereocenters. The van der Waals surface area contributed by atoms with E-state index >= 15 is 0 Å². The lowest BCUT2D eigenvalue weighted by atomic mass is 9.98. The first-order chi connectivity index (χ1) is 8.15. The van der Waals surface area contributed by atoms with Crippen LogP contribution in [-0.4, -0.2) is 26.3 Å². The first-order valence-corrected chi connectivity index (χ1v) is 6.50. The summed E-state index contributed by atoms with van der Waals surface area (Å²) in [5.41, 5.74) is 5.56. The lowest BCUT2D eigenvalue weighted by Gasteiger charge is -2.11. The van der Waals surface area contributed by atoms with Gasteiger partial charge in [-0.05, 0) is 50.4 Å². The molecular weight excluding hydrogens is 210 g/mol. The first kappa shape index (κ1) is 14.2. The molecule has 0 aliphatic rings. The zero-order valence-corrected chi connectivity index (χ0v) is 11.6. The van der Waals surface area contributed by atoms with Crippen LogP contribution in [0.3, 0.4) is 0 Å². The van der Waals surface area contributed by atoms with Gasteiger partial charge in [0.15, 0.2) is 0 Å². The summed E-state index contributed by atoms with van der Waals surface area (Å²) in [5, 5.41) is 3.25. The molecule has 0 aromatic heterocycles. The number of aryl methyl sites for hydroxylation is 3. The van der Waals surface area contributed by atoms with E-state index in [-0.39, 0.29) is 0 Å². The third-order valence-corrected chi connectivity index (χ3v) is 3.01. The predicted molar refractivity (Wildman–Crippen MR) is 73.7 cm³/mol. The number of rotatable bonds is 7. The summed E-state index contributed by atoms with van der Waals surface area (Å²) < 4.78 is 5.62. The molecule has 0 saturated heterocycles. The van der Waals surface area contributed by atoms with Gasteiger partial charge in [-0.15, -0.1) is 0 Å². The molecule has 0 aliphatic heterocycles. The Morgan fingerprint density at radius 3 is 2.29 bits per heavy atom. The Bertz CT molecular complexity index is 324. The zero-order valence-electron chi connectivity index (χ0n) is 11.6. The second-order valence-electron chi connectivity index (χ2n) is 4.59. The lowest BCUT2D eigenvalue weighted by molar-refractivity contribution is 0.139. The van der Waals surface area contributed by atoms with E-state index in [2.05, 4.69) is 45.1 Å². The summed E-state index contributed by atoms with van der Waals surface area (Å²) in [4.78, 5) is 0. The van der Waals surface area contributed by atoms with Crippen molar-refractivity contribution in [3.8, 4) is 0 Å². The highest BCUT2D eigenvalue weighted by Gasteiger charge is 2.03. The molecule has 1 rings (SSSR count). The van der Waals surface area contributed by atoms with Crippen molar-refractivity contribution in [2.75, 3.05) is 26.3 Å². The highest BCUT2D eigenvalue weighted by molar-refractivity contribution is 5.37. The Kier molecular flexibility index (Phi) is 6.23. The molecule has 96 valence electrons. The van der Waals surface area contributed by atoms with Crippen molar-refractivity contribution in [1.29, 1.82) is 0 Å². The molecule has 0 amide bonds. The molecule has 1 N–H and O–H groups in total. The quantitative estimate of drug-likeness (QED) is 0.734. The molecule has 0 atom stereocenters. The minimum absolute atomic E-state index is 0.803. The van der Waals surface area contributed by atoms with Gasteiger partial charge in [0.05, 0.1) is 13.2 Å². The van der Waals surface area contributed by atoms with E-state index in [1.165, 1.54) is 22.3 Å². The molecular formula is C15H25NO. The number of benzene rings is 1. The molecule has 0 bridgehead atoms. The van der Waals surface area contributed by atoms with Crippen LogP contribution in [0.4, 0.5) is 0 Å². The van der Waals surface area contributed by atoms with E-state index in [0.717, 1.165) is 32.7 Å².